The van der Waals surface area contributed by atoms with E-state index < -0.39 is 0 Å². The maximum Gasteiger partial charge on any atom is 0.254 e. The third kappa shape index (κ3) is 5.40. The molecule has 0 unspecified atom stereocenters. The summed E-state index contributed by atoms with van der Waals surface area (Å²) < 4.78 is 7.14. The van der Waals surface area contributed by atoms with Gasteiger partial charge in [-0.1, -0.05) is 0 Å². The van der Waals surface area contributed by atoms with Gasteiger partial charge in [0, 0.05) is 76.2 Å². The first-order valence-electron chi connectivity index (χ1n) is 11.8. The van der Waals surface area contributed by atoms with Crippen LogP contribution in [0, 0.1) is 12.3 Å². The number of carbonyl (C=O) groups is 1. The van der Waals surface area contributed by atoms with Gasteiger partial charge in [-0.3, -0.25) is 19.9 Å². The van der Waals surface area contributed by atoms with Crippen LogP contribution in [0.1, 0.15) is 32.9 Å². The van der Waals surface area contributed by atoms with Crippen LogP contribution in [-0.2, 0) is 26.6 Å². The molecule has 9 heteroatoms. The SMILES string of the molecule is COc1ccnc(CN2CCc3c(cc(CN(C)/C=C\N(C)C=N)cc3-c3cn(C)nc3C)C2=O)c1. The molecule has 9 nitrogen and oxygen atoms in total. The summed E-state index contributed by atoms with van der Waals surface area (Å²) in [6, 6.07) is 7.87. The number of benzene rings is 1. The third-order valence-corrected chi connectivity index (χ3v) is 6.33. The molecule has 1 aromatic carbocycles. The van der Waals surface area contributed by atoms with Crippen molar-refractivity contribution in [1.82, 2.24) is 29.5 Å². The number of nitrogens with one attached hydrogen (secondary N) is 1. The highest BCUT2D eigenvalue weighted by atomic mass is 16.5. The number of hydrogen-bond donors (Lipinski definition) is 1. The van der Waals surface area contributed by atoms with Gasteiger partial charge < -0.3 is 19.4 Å². The fraction of sp³-hybridized carbons (Fsp3) is 0.333. The molecule has 0 bridgehead atoms. The van der Waals surface area contributed by atoms with E-state index in [-0.39, 0.29) is 5.91 Å². The maximum atomic E-state index is 13.7. The van der Waals surface area contributed by atoms with E-state index in [4.69, 9.17) is 10.1 Å². The lowest BCUT2D eigenvalue weighted by Gasteiger charge is -2.30. The maximum absolute atomic E-state index is 13.7. The lowest BCUT2D eigenvalue weighted by atomic mass is 9.88. The zero-order valence-electron chi connectivity index (χ0n) is 21.5. The fourth-order valence-electron chi connectivity index (χ4n) is 4.52. The topological polar surface area (TPSA) is 90.6 Å². The Morgan fingerprint density at radius 3 is 2.64 bits per heavy atom. The highest BCUT2D eigenvalue weighted by molar-refractivity contribution is 5.99. The monoisotopic (exact) mass is 487 g/mol. The molecule has 2 aromatic heterocycles. The second-order valence-electron chi connectivity index (χ2n) is 9.14. The van der Waals surface area contributed by atoms with Crippen LogP contribution in [0.2, 0.25) is 0 Å². The molecule has 1 amide bonds. The van der Waals surface area contributed by atoms with E-state index in [0.29, 0.717) is 19.6 Å². The van der Waals surface area contributed by atoms with E-state index in [1.54, 1.807) is 24.3 Å². The second kappa shape index (κ2) is 10.6. The number of amides is 1. The summed E-state index contributed by atoms with van der Waals surface area (Å²) in [6.45, 7) is 3.67. The van der Waals surface area contributed by atoms with Crippen molar-refractivity contribution in [3.8, 4) is 16.9 Å². The molecule has 188 valence electrons. The Morgan fingerprint density at radius 1 is 1.17 bits per heavy atom. The number of aromatic nitrogens is 3. The molecule has 0 fully saturated rings. The standard InChI is InChI=1S/C27H33N7O2/c1-19-26(17-33(4)30-19)24-12-20(15-31(2)10-11-32(3)18-28)13-25-23(24)7-9-34(27(25)35)16-21-14-22(36-5)6-8-29-21/h6,8,10-14,17-18,28H,7,9,15-16H2,1-5H3/b11-10-,28-18?. The number of methoxy groups -OCH3 is 1. The number of aryl methyl sites for hydroxylation is 2. The van der Waals surface area contributed by atoms with Crippen LogP contribution in [0.5, 0.6) is 5.75 Å². The average Bonchev–Trinajstić information content (AvgIpc) is 3.21. The minimum atomic E-state index is 0.00671. The summed E-state index contributed by atoms with van der Waals surface area (Å²) in [7, 11) is 7.33. The number of ether oxygens (including phenoxy) is 1. The summed E-state index contributed by atoms with van der Waals surface area (Å²) in [6.07, 6.45) is 9.48. The lowest BCUT2D eigenvalue weighted by Crippen LogP contribution is -2.37. The first-order chi connectivity index (χ1) is 17.3. The third-order valence-electron chi connectivity index (χ3n) is 6.33. The Balaban J connectivity index is 1.70. The molecular weight excluding hydrogens is 454 g/mol. The summed E-state index contributed by atoms with van der Waals surface area (Å²) in [5.41, 5.74) is 6.68. The van der Waals surface area contributed by atoms with E-state index in [1.807, 2.05) is 73.3 Å². The van der Waals surface area contributed by atoms with E-state index >= 15 is 0 Å². The molecular formula is C27H33N7O2. The van der Waals surface area contributed by atoms with Gasteiger partial charge in [0.15, 0.2) is 0 Å². The van der Waals surface area contributed by atoms with Crippen LogP contribution in [0.15, 0.2) is 49.1 Å². The van der Waals surface area contributed by atoms with Crippen LogP contribution in [-0.4, -0.2) is 69.5 Å². The number of nitrogens with zero attached hydrogens (tertiary/aromatic N) is 6. The quantitative estimate of drug-likeness (QED) is 0.367. The predicted molar refractivity (Wildman–Crippen MR) is 140 cm³/mol. The molecule has 0 radical (unpaired) electrons. The zero-order chi connectivity index (χ0) is 25.8. The Labute approximate surface area is 212 Å². The fourth-order valence-corrected chi connectivity index (χ4v) is 4.52. The predicted octanol–water partition coefficient (Wildman–Crippen LogP) is 3.44. The molecule has 36 heavy (non-hydrogen) atoms. The number of carbonyl (C=O) groups excluding carboxylic acids is 1. The molecule has 0 spiro atoms. The van der Waals surface area contributed by atoms with Crippen molar-refractivity contribution in [2.75, 3.05) is 27.7 Å². The van der Waals surface area contributed by atoms with Crippen LogP contribution >= 0.6 is 0 Å². The van der Waals surface area contributed by atoms with Crippen molar-refractivity contribution in [1.29, 1.82) is 5.41 Å². The largest absolute Gasteiger partial charge is 0.497 e. The molecule has 3 aromatic rings. The van der Waals surface area contributed by atoms with E-state index in [1.165, 1.54) is 6.34 Å². The molecule has 0 saturated heterocycles. The van der Waals surface area contributed by atoms with Gasteiger partial charge in [0.1, 0.15) is 5.75 Å². The Bertz CT molecular complexity index is 1300. The molecule has 1 N–H and O–H groups in total. The van der Waals surface area contributed by atoms with Gasteiger partial charge in [0.05, 0.1) is 31.4 Å². The van der Waals surface area contributed by atoms with Gasteiger partial charge in [-0.2, -0.15) is 5.10 Å². The van der Waals surface area contributed by atoms with Gasteiger partial charge >= 0.3 is 0 Å². The van der Waals surface area contributed by atoms with Crippen molar-refractivity contribution < 1.29 is 9.53 Å². The van der Waals surface area contributed by atoms with Crippen molar-refractivity contribution in [3.63, 3.8) is 0 Å². The van der Waals surface area contributed by atoms with E-state index in [9.17, 15) is 4.79 Å². The van der Waals surface area contributed by atoms with Crippen molar-refractivity contribution >= 4 is 12.2 Å². The normalized spacial score (nSPS) is 13.1. The second-order valence-corrected chi connectivity index (χ2v) is 9.14. The minimum absolute atomic E-state index is 0.00671. The van der Waals surface area contributed by atoms with Crippen molar-refractivity contribution in [3.05, 3.63) is 77.1 Å². The van der Waals surface area contributed by atoms with Gasteiger partial charge in [-0.25, -0.2) is 0 Å². The number of pyridine rings is 1. The smallest absolute Gasteiger partial charge is 0.254 e. The lowest BCUT2D eigenvalue weighted by molar-refractivity contribution is 0.0724. The van der Waals surface area contributed by atoms with Crippen molar-refractivity contribution in [2.45, 2.75) is 26.4 Å². The average molecular weight is 488 g/mol. The van der Waals surface area contributed by atoms with Gasteiger partial charge in [0.25, 0.3) is 5.91 Å². The Kier molecular flexibility index (Phi) is 7.38. The zero-order valence-corrected chi connectivity index (χ0v) is 21.5. The highest BCUT2D eigenvalue weighted by Crippen LogP contribution is 2.34. The Morgan fingerprint density at radius 2 is 1.94 bits per heavy atom. The minimum Gasteiger partial charge on any atom is -0.497 e. The van der Waals surface area contributed by atoms with Crippen LogP contribution < -0.4 is 4.74 Å². The van der Waals surface area contributed by atoms with Crippen molar-refractivity contribution in [2.24, 2.45) is 7.05 Å². The van der Waals surface area contributed by atoms with Crippen LogP contribution in [0.25, 0.3) is 11.1 Å². The number of hydrogen-bond acceptors (Lipinski definition) is 6. The summed E-state index contributed by atoms with van der Waals surface area (Å²) in [4.78, 5) is 23.7. The van der Waals surface area contributed by atoms with E-state index in [2.05, 4.69) is 16.1 Å². The Hall–Kier alpha value is -4.14. The molecule has 0 atom stereocenters. The molecule has 0 aliphatic carbocycles. The van der Waals surface area contributed by atoms with Crippen LogP contribution in [0.3, 0.4) is 0 Å². The highest BCUT2D eigenvalue weighted by Gasteiger charge is 2.28. The number of rotatable bonds is 9. The first kappa shape index (κ1) is 25.0. The van der Waals surface area contributed by atoms with E-state index in [0.717, 1.165) is 51.4 Å². The molecule has 1 aliphatic heterocycles. The summed E-state index contributed by atoms with van der Waals surface area (Å²) in [5, 5.41) is 11.9. The van der Waals surface area contributed by atoms with Crippen LogP contribution in [0.4, 0.5) is 0 Å². The van der Waals surface area contributed by atoms with Gasteiger partial charge in [0.2, 0.25) is 0 Å². The molecule has 3 heterocycles. The summed E-state index contributed by atoms with van der Waals surface area (Å²) in [5.74, 6) is 0.735. The number of fused-ring (bicyclic) bond motifs is 1. The molecule has 0 saturated carbocycles. The van der Waals surface area contributed by atoms with Gasteiger partial charge in [-0.05, 0) is 48.2 Å². The summed E-state index contributed by atoms with van der Waals surface area (Å²) >= 11 is 0. The first-order valence-corrected chi connectivity index (χ1v) is 11.8. The molecule has 1 aliphatic rings. The van der Waals surface area contributed by atoms with Gasteiger partial charge in [-0.15, -0.1) is 0 Å². The molecule has 4 rings (SSSR count).